The molecule has 1 aromatic heterocycles. The Bertz CT molecular complexity index is 552. The van der Waals surface area contributed by atoms with Crippen molar-refractivity contribution < 1.29 is 13.7 Å². The van der Waals surface area contributed by atoms with Gasteiger partial charge < -0.3 is 5.32 Å². The number of anilines is 1. The van der Waals surface area contributed by atoms with Gasteiger partial charge in [0, 0.05) is 11.1 Å². The van der Waals surface area contributed by atoms with Crippen LogP contribution in [0, 0.1) is 21.7 Å². The van der Waals surface area contributed by atoms with Crippen LogP contribution in [0.1, 0.15) is 4.88 Å². The topological polar surface area (TPSA) is 68.1 Å². The lowest BCUT2D eigenvalue weighted by Gasteiger charge is -2.07. The molecule has 0 atom stereocenters. The second-order valence-electron chi connectivity index (χ2n) is 3.36. The molecule has 94 valence electrons. The number of nitrogens with zero attached hydrogens (tertiary/aromatic N) is 2. The number of nitro benzene ring substituents is 1. The number of rotatable bonds is 4. The number of nitrogens with one attached hydrogen (secondary N) is 1. The molecule has 0 aliphatic rings. The number of thiazole rings is 1. The molecule has 0 amide bonds. The van der Waals surface area contributed by atoms with Crippen molar-refractivity contribution in [3.63, 3.8) is 0 Å². The first-order valence-electron chi connectivity index (χ1n) is 4.82. The highest BCUT2D eigenvalue weighted by molar-refractivity contribution is 7.09. The minimum absolute atomic E-state index is 0.205. The van der Waals surface area contributed by atoms with Crippen molar-refractivity contribution in [2.75, 3.05) is 5.32 Å². The second-order valence-corrected chi connectivity index (χ2v) is 4.33. The van der Waals surface area contributed by atoms with Crippen molar-refractivity contribution in [3.8, 4) is 0 Å². The van der Waals surface area contributed by atoms with Gasteiger partial charge in [0.2, 0.25) is 0 Å². The van der Waals surface area contributed by atoms with E-state index in [1.807, 2.05) is 0 Å². The van der Waals surface area contributed by atoms with E-state index in [0.717, 1.165) is 4.88 Å². The van der Waals surface area contributed by atoms with Crippen molar-refractivity contribution in [2.45, 2.75) is 6.54 Å². The summed E-state index contributed by atoms with van der Waals surface area (Å²) in [6, 6.07) is 1.36. The predicted molar refractivity (Wildman–Crippen MR) is 62.5 cm³/mol. The summed E-state index contributed by atoms with van der Waals surface area (Å²) in [5, 5.41) is 13.0. The van der Waals surface area contributed by atoms with Crippen LogP contribution in [0.25, 0.3) is 0 Å². The van der Waals surface area contributed by atoms with Gasteiger partial charge in [-0.15, -0.1) is 11.3 Å². The van der Waals surface area contributed by atoms with Crippen LogP contribution in [0.15, 0.2) is 23.8 Å². The molecule has 8 heteroatoms. The van der Waals surface area contributed by atoms with E-state index < -0.39 is 22.2 Å². The molecule has 2 rings (SSSR count). The van der Waals surface area contributed by atoms with Crippen LogP contribution in [0.3, 0.4) is 0 Å². The van der Waals surface area contributed by atoms with Crippen LogP contribution in [0.5, 0.6) is 0 Å². The molecular formula is C10H7F2N3O2S. The molecule has 5 nitrogen and oxygen atoms in total. The van der Waals surface area contributed by atoms with Gasteiger partial charge in [-0.25, -0.2) is 8.78 Å². The van der Waals surface area contributed by atoms with Gasteiger partial charge in [0.15, 0.2) is 11.6 Å². The Balaban J connectivity index is 2.20. The molecular weight excluding hydrogens is 264 g/mol. The molecule has 0 unspecified atom stereocenters. The van der Waals surface area contributed by atoms with Crippen LogP contribution in [-0.2, 0) is 6.54 Å². The largest absolute Gasteiger partial charge is 0.375 e. The van der Waals surface area contributed by atoms with E-state index in [0.29, 0.717) is 12.1 Å². The zero-order valence-corrected chi connectivity index (χ0v) is 9.71. The monoisotopic (exact) mass is 271 g/mol. The van der Waals surface area contributed by atoms with Gasteiger partial charge in [-0.1, -0.05) is 0 Å². The van der Waals surface area contributed by atoms with Crippen LogP contribution < -0.4 is 5.32 Å². The van der Waals surface area contributed by atoms with Gasteiger partial charge in [-0.3, -0.25) is 15.1 Å². The summed E-state index contributed by atoms with van der Waals surface area (Å²) in [4.78, 5) is 14.2. The SMILES string of the molecule is O=[N+]([O-])c1cc(F)c(NCc2cncs2)c(F)c1. The lowest BCUT2D eigenvalue weighted by Crippen LogP contribution is -2.04. The average Bonchev–Trinajstić information content (AvgIpc) is 2.80. The number of halogens is 2. The van der Waals surface area contributed by atoms with Crippen LogP contribution in [0.2, 0.25) is 0 Å². The summed E-state index contributed by atoms with van der Waals surface area (Å²) in [5.41, 5.74) is 0.599. The first kappa shape index (κ1) is 12.4. The van der Waals surface area contributed by atoms with Gasteiger partial charge in [0.05, 0.1) is 29.1 Å². The quantitative estimate of drug-likeness (QED) is 0.685. The Morgan fingerprint density at radius 1 is 1.39 bits per heavy atom. The minimum atomic E-state index is -0.994. The van der Waals surface area contributed by atoms with Crippen molar-refractivity contribution in [2.24, 2.45) is 0 Å². The normalized spacial score (nSPS) is 10.3. The minimum Gasteiger partial charge on any atom is -0.375 e. The lowest BCUT2D eigenvalue weighted by molar-refractivity contribution is -0.385. The standard InChI is InChI=1S/C10H7F2N3O2S/c11-8-1-6(15(16)17)2-9(12)10(8)14-4-7-3-13-5-18-7/h1-3,5,14H,4H2. The van der Waals surface area contributed by atoms with Gasteiger partial charge in [0.1, 0.15) is 5.69 Å². The Kier molecular flexibility index (Phi) is 3.47. The molecule has 1 aromatic carbocycles. The molecule has 0 bridgehead atoms. The summed E-state index contributed by atoms with van der Waals surface area (Å²) in [6.07, 6.45) is 1.57. The lowest BCUT2D eigenvalue weighted by atomic mass is 10.2. The number of benzene rings is 1. The molecule has 0 aliphatic carbocycles. The van der Waals surface area contributed by atoms with E-state index in [1.54, 1.807) is 11.7 Å². The second kappa shape index (κ2) is 5.05. The maximum absolute atomic E-state index is 13.5. The predicted octanol–water partition coefficient (Wildman–Crippen LogP) is 2.94. The zero-order chi connectivity index (χ0) is 13.1. The maximum Gasteiger partial charge on any atom is 0.275 e. The summed E-state index contributed by atoms with van der Waals surface area (Å²) in [6.45, 7) is 0.205. The van der Waals surface area contributed by atoms with Crippen LogP contribution >= 0.6 is 11.3 Å². The third kappa shape index (κ3) is 2.59. The number of non-ortho nitro benzene ring substituents is 1. The van der Waals surface area contributed by atoms with Crippen molar-refractivity contribution in [3.05, 3.63) is 50.5 Å². The Hall–Kier alpha value is -2.09. The molecule has 0 aliphatic heterocycles. The fourth-order valence-corrected chi connectivity index (χ4v) is 1.87. The van der Waals surface area contributed by atoms with Crippen molar-refractivity contribution in [1.29, 1.82) is 0 Å². The summed E-state index contributed by atoms with van der Waals surface area (Å²) < 4.78 is 27.0. The summed E-state index contributed by atoms with van der Waals surface area (Å²) in [7, 11) is 0. The molecule has 1 N–H and O–H groups in total. The Labute approximate surface area is 104 Å². The van der Waals surface area contributed by atoms with Crippen molar-refractivity contribution >= 4 is 22.7 Å². The highest BCUT2D eigenvalue weighted by atomic mass is 32.1. The summed E-state index contributed by atoms with van der Waals surface area (Å²) >= 11 is 1.34. The molecule has 0 saturated carbocycles. The van der Waals surface area contributed by atoms with E-state index in [1.165, 1.54) is 11.3 Å². The molecule has 0 saturated heterocycles. The van der Waals surface area contributed by atoms with Gasteiger partial charge in [0.25, 0.3) is 5.69 Å². The molecule has 0 radical (unpaired) electrons. The fourth-order valence-electron chi connectivity index (χ4n) is 1.34. The van der Waals surface area contributed by atoms with Crippen LogP contribution in [-0.4, -0.2) is 9.91 Å². The number of nitro groups is 1. The van der Waals surface area contributed by atoms with E-state index in [4.69, 9.17) is 0 Å². The third-order valence-electron chi connectivity index (χ3n) is 2.16. The number of hydrogen-bond acceptors (Lipinski definition) is 5. The van der Waals surface area contributed by atoms with Gasteiger partial charge >= 0.3 is 0 Å². The van der Waals surface area contributed by atoms with E-state index in [-0.39, 0.29) is 12.2 Å². The highest BCUT2D eigenvalue weighted by Crippen LogP contribution is 2.25. The van der Waals surface area contributed by atoms with E-state index >= 15 is 0 Å². The number of aromatic nitrogens is 1. The van der Waals surface area contributed by atoms with E-state index in [2.05, 4.69) is 10.3 Å². The highest BCUT2D eigenvalue weighted by Gasteiger charge is 2.16. The zero-order valence-electron chi connectivity index (χ0n) is 8.89. The molecule has 2 aromatic rings. The van der Waals surface area contributed by atoms with Gasteiger partial charge in [-0.05, 0) is 0 Å². The third-order valence-corrected chi connectivity index (χ3v) is 2.94. The first-order valence-corrected chi connectivity index (χ1v) is 5.70. The smallest absolute Gasteiger partial charge is 0.275 e. The first-order chi connectivity index (χ1) is 8.58. The van der Waals surface area contributed by atoms with Gasteiger partial charge in [-0.2, -0.15) is 0 Å². The summed E-state index contributed by atoms with van der Waals surface area (Å²) in [5.74, 6) is -1.99. The molecule has 0 spiro atoms. The van der Waals surface area contributed by atoms with Crippen molar-refractivity contribution in [1.82, 2.24) is 4.98 Å². The molecule has 0 fully saturated rings. The van der Waals surface area contributed by atoms with E-state index in [9.17, 15) is 18.9 Å². The fraction of sp³-hybridized carbons (Fsp3) is 0.100. The maximum atomic E-state index is 13.5. The Morgan fingerprint density at radius 3 is 2.56 bits per heavy atom. The average molecular weight is 271 g/mol. The number of hydrogen-bond donors (Lipinski definition) is 1. The molecule has 18 heavy (non-hydrogen) atoms. The molecule has 1 heterocycles. The Morgan fingerprint density at radius 2 is 2.06 bits per heavy atom. The van der Waals surface area contributed by atoms with Crippen LogP contribution in [0.4, 0.5) is 20.2 Å².